The maximum Gasteiger partial charge on any atom is 0.276 e. The molecule has 7 heteroatoms. The van der Waals surface area contributed by atoms with Crippen molar-refractivity contribution in [1.29, 1.82) is 0 Å². The molecule has 3 rings (SSSR count). The molecule has 25 heavy (non-hydrogen) atoms. The summed E-state index contributed by atoms with van der Waals surface area (Å²) in [5, 5.41) is 12.4. The van der Waals surface area contributed by atoms with Crippen LogP contribution in [0.3, 0.4) is 0 Å². The molecule has 2 aromatic heterocycles. The highest BCUT2D eigenvalue weighted by Crippen LogP contribution is 2.22. The van der Waals surface area contributed by atoms with Crippen LogP contribution in [0.2, 0.25) is 5.02 Å². The number of halogens is 1. The molecule has 0 bridgehead atoms. The quantitative estimate of drug-likeness (QED) is 0.757. The molecule has 6 nitrogen and oxygen atoms in total. The molecule has 0 saturated heterocycles. The number of benzene rings is 1. The SMILES string of the molecule is CCn1ccc(C(=O)Nc2c(C)nn(Cc3cccc(Cl)c3)c2C)n1. The number of hydrogen-bond donors (Lipinski definition) is 1. The third-order valence-electron chi connectivity index (χ3n) is 4.04. The molecule has 2 heterocycles. The first-order chi connectivity index (χ1) is 12.0. The van der Waals surface area contributed by atoms with Gasteiger partial charge in [0.25, 0.3) is 5.91 Å². The first-order valence-corrected chi connectivity index (χ1v) is 8.49. The van der Waals surface area contributed by atoms with Crippen molar-refractivity contribution in [3.8, 4) is 0 Å². The Morgan fingerprint density at radius 1 is 1.24 bits per heavy atom. The predicted octanol–water partition coefficient (Wildman–Crippen LogP) is 3.67. The van der Waals surface area contributed by atoms with Crippen LogP contribution in [0.25, 0.3) is 0 Å². The summed E-state index contributed by atoms with van der Waals surface area (Å²) >= 11 is 6.04. The zero-order chi connectivity index (χ0) is 18.0. The van der Waals surface area contributed by atoms with E-state index in [4.69, 9.17) is 11.6 Å². The minimum atomic E-state index is -0.235. The third kappa shape index (κ3) is 3.74. The van der Waals surface area contributed by atoms with E-state index in [0.717, 1.165) is 29.2 Å². The number of rotatable bonds is 5. The summed E-state index contributed by atoms with van der Waals surface area (Å²) in [7, 11) is 0. The number of carbonyl (C=O) groups excluding carboxylic acids is 1. The fourth-order valence-corrected chi connectivity index (χ4v) is 2.89. The van der Waals surface area contributed by atoms with Gasteiger partial charge in [-0.25, -0.2) is 0 Å². The van der Waals surface area contributed by atoms with E-state index in [1.54, 1.807) is 16.9 Å². The van der Waals surface area contributed by atoms with Crippen molar-refractivity contribution < 1.29 is 4.79 Å². The number of anilines is 1. The number of hydrogen-bond acceptors (Lipinski definition) is 3. The van der Waals surface area contributed by atoms with Crippen LogP contribution >= 0.6 is 11.6 Å². The Morgan fingerprint density at radius 3 is 2.72 bits per heavy atom. The first kappa shape index (κ1) is 17.2. The Bertz CT molecular complexity index is 912. The standard InChI is InChI=1S/C18H20ClN5O/c1-4-23-9-8-16(22-23)18(25)20-17-12(2)21-24(13(17)3)11-14-6-5-7-15(19)10-14/h5-10H,4,11H2,1-3H3,(H,20,25). The normalized spacial score (nSPS) is 10.9. The lowest BCUT2D eigenvalue weighted by molar-refractivity contribution is 0.102. The molecule has 0 fully saturated rings. The van der Waals surface area contributed by atoms with E-state index in [-0.39, 0.29) is 5.91 Å². The van der Waals surface area contributed by atoms with Gasteiger partial charge in [0.1, 0.15) is 0 Å². The monoisotopic (exact) mass is 357 g/mol. The number of amides is 1. The number of aromatic nitrogens is 4. The van der Waals surface area contributed by atoms with E-state index < -0.39 is 0 Å². The summed E-state index contributed by atoms with van der Waals surface area (Å²) in [5.74, 6) is -0.235. The average molecular weight is 358 g/mol. The molecule has 0 atom stereocenters. The zero-order valence-corrected chi connectivity index (χ0v) is 15.2. The van der Waals surface area contributed by atoms with Crippen LogP contribution in [-0.2, 0) is 13.1 Å². The molecule has 0 aliphatic carbocycles. The molecule has 0 unspecified atom stereocenters. The molecule has 1 aromatic carbocycles. The zero-order valence-electron chi connectivity index (χ0n) is 14.5. The minimum Gasteiger partial charge on any atom is -0.317 e. The predicted molar refractivity (Wildman–Crippen MR) is 98.1 cm³/mol. The van der Waals surface area contributed by atoms with Crippen LogP contribution in [0.15, 0.2) is 36.5 Å². The molecular formula is C18H20ClN5O. The topological polar surface area (TPSA) is 64.7 Å². The largest absolute Gasteiger partial charge is 0.317 e. The van der Waals surface area contributed by atoms with Crippen LogP contribution < -0.4 is 5.32 Å². The second kappa shape index (κ2) is 7.11. The van der Waals surface area contributed by atoms with Crippen molar-refractivity contribution in [2.75, 3.05) is 5.32 Å². The first-order valence-electron chi connectivity index (χ1n) is 8.11. The Hall–Kier alpha value is -2.60. The molecule has 0 saturated carbocycles. The van der Waals surface area contributed by atoms with Gasteiger partial charge in [0, 0.05) is 17.8 Å². The van der Waals surface area contributed by atoms with Gasteiger partial charge in [-0.15, -0.1) is 0 Å². The highest BCUT2D eigenvalue weighted by Gasteiger charge is 2.17. The van der Waals surface area contributed by atoms with Gasteiger partial charge in [0.2, 0.25) is 0 Å². The number of nitrogens with one attached hydrogen (secondary N) is 1. The van der Waals surface area contributed by atoms with Gasteiger partial charge in [0.15, 0.2) is 5.69 Å². The lowest BCUT2D eigenvalue weighted by Crippen LogP contribution is -2.14. The van der Waals surface area contributed by atoms with Gasteiger partial charge in [-0.1, -0.05) is 23.7 Å². The Labute approximate surface area is 151 Å². The van der Waals surface area contributed by atoms with E-state index in [2.05, 4.69) is 15.5 Å². The van der Waals surface area contributed by atoms with Crippen LogP contribution in [0.4, 0.5) is 5.69 Å². The molecule has 0 spiro atoms. The summed E-state index contributed by atoms with van der Waals surface area (Å²) in [6, 6.07) is 9.37. The van der Waals surface area contributed by atoms with E-state index in [1.165, 1.54) is 0 Å². The van der Waals surface area contributed by atoms with Crippen molar-refractivity contribution in [3.05, 3.63) is 64.2 Å². The van der Waals surface area contributed by atoms with Crippen molar-refractivity contribution in [2.45, 2.75) is 33.9 Å². The molecular weight excluding hydrogens is 338 g/mol. The van der Waals surface area contributed by atoms with Gasteiger partial charge in [0.05, 0.1) is 23.6 Å². The molecule has 3 aromatic rings. The van der Waals surface area contributed by atoms with E-state index in [0.29, 0.717) is 17.3 Å². The van der Waals surface area contributed by atoms with Gasteiger partial charge in [-0.3, -0.25) is 14.2 Å². The summed E-state index contributed by atoms with van der Waals surface area (Å²) < 4.78 is 3.58. The van der Waals surface area contributed by atoms with E-state index >= 15 is 0 Å². The smallest absolute Gasteiger partial charge is 0.276 e. The summed E-state index contributed by atoms with van der Waals surface area (Å²) in [5.41, 5.74) is 3.82. The Balaban J connectivity index is 1.80. The third-order valence-corrected chi connectivity index (χ3v) is 4.27. The van der Waals surface area contributed by atoms with Crippen molar-refractivity contribution >= 4 is 23.2 Å². The minimum absolute atomic E-state index is 0.235. The molecule has 1 amide bonds. The molecule has 1 N–H and O–H groups in total. The second-order valence-electron chi connectivity index (χ2n) is 5.84. The highest BCUT2D eigenvalue weighted by molar-refractivity contribution is 6.30. The Morgan fingerprint density at radius 2 is 2.04 bits per heavy atom. The number of aryl methyl sites for hydroxylation is 2. The molecule has 0 aliphatic rings. The lowest BCUT2D eigenvalue weighted by Gasteiger charge is -2.07. The van der Waals surface area contributed by atoms with Gasteiger partial charge < -0.3 is 5.32 Å². The van der Waals surface area contributed by atoms with Crippen LogP contribution in [-0.4, -0.2) is 25.5 Å². The average Bonchev–Trinajstić information content (AvgIpc) is 3.16. The molecule has 0 radical (unpaired) electrons. The Kier molecular flexibility index (Phi) is 4.90. The van der Waals surface area contributed by atoms with Crippen molar-refractivity contribution in [1.82, 2.24) is 19.6 Å². The fourth-order valence-electron chi connectivity index (χ4n) is 2.68. The molecule has 0 aliphatic heterocycles. The summed E-state index contributed by atoms with van der Waals surface area (Å²) in [6.45, 7) is 7.10. The number of nitrogens with zero attached hydrogens (tertiary/aromatic N) is 4. The van der Waals surface area contributed by atoms with Crippen molar-refractivity contribution in [2.24, 2.45) is 0 Å². The molecule has 130 valence electrons. The maximum atomic E-state index is 12.4. The van der Waals surface area contributed by atoms with Crippen LogP contribution in [0.1, 0.15) is 34.4 Å². The van der Waals surface area contributed by atoms with E-state index in [9.17, 15) is 4.79 Å². The lowest BCUT2D eigenvalue weighted by atomic mass is 10.2. The van der Waals surface area contributed by atoms with Crippen molar-refractivity contribution in [3.63, 3.8) is 0 Å². The van der Waals surface area contributed by atoms with Crippen LogP contribution in [0, 0.1) is 13.8 Å². The van der Waals surface area contributed by atoms with E-state index in [1.807, 2.05) is 49.7 Å². The van der Waals surface area contributed by atoms with Gasteiger partial charge in [-0.2, -0.15) is 10.2 Å². The van der Waals surface area contributed by atoms with Gasteiger partial charge >= 0.3 is 0 Å². The summed E-state index contributed by atoms with van der Waals surface area (Å²) in [4.78, 5) is 12.4. The van der Waals surface area contributed by atoms with Gasteiger partial charge in [-0.05, 0) is 44.5 Å². The fraction of sp³-hybridized carbons (Fsp3) is 0.278. The van der Waals surface area contributed by atoms with Crippen LogP contribution in [0.5, 0.6) is 0 Å². The summed E-state index contributed by atoms with van der Waals surface area (Å²) in [6.07, 6.45) is 1.79. The number of carbonyl (C=O) groups is 1. The highest BCUT2D eigenvalue weighted by atomic mass is 35.5. The maximum absolute atomic E-state index is 12.4. The second-order valence-corrected chi connectivity index (χ2v) is 6.28.